The molecule has 0 heterocycles. The van der Waals surface area contributed by atoms with Gasteiger partial charge in [-0.25, -0.2) is 4.79 Å². The quantitative estimate of drug-likeness (QED) is 0.206. The molecule has 0 saturated carbocycles. The van der Waals surface area contributed by atoms with E-state index < -0.39 is 53.8 Å². The molecule has 0 spiro atoms. The Balaban J connectivity index is 2.76. The molecule has 0 aliphatic rings. The number of carbonyl (C=O) groups excluding carboxylic acids is 4. The first-order valence-electron chi connectivity index (χ1n) is 11.1. The van der Waals surface area contributed by atoms with Crippen LogP contribution in [-0.4, -0.2) is 58.9 Å². The molecule has 4 atom stereocenters. The van der Waals surface area contributed by atoms with Crippen LogP contribution in [0.25, 0.3) is 0 Å². The van der Waals surface area contributed by atoms with Crippen molar-refractivity contribution in [2.75, 3.05) is 0 Å². The second-order valence-corrected chi connectivity index (χ2v) is 8.62. The second-order valence-electron chi connectivity index (χ2n) is 8.62. The molecule has 1 aromatic rings. The lowest BCUT2D eigenvalue weighted by molar-refractivity contribution is -0.142. The zero-order valence-electron chi connectivity index (χ0n) is 19.7. The van der Waals surface area contributed by atoms with E-state index in [9.17, 15) is 29.1 Å². The fourth-order valence-electron chi connectivity index (χ4n) is 3.14. The van der Waals surface area contributed by atoms with Crippen molar-refractivity contribution in [3.8, 4) is 0 Å². The first-order valence-corrected chi connectivity index (χ1v) is 11.1. The maximum absolute atomic E-state index is 12.8. The van der Waals surface area contributed by atoms with E-state index in [1.54, 1.807) is 30.3 Å². The first-order chi connectivity index (χ1) is 15.9. The summed E-state index contributed by atoms with van der Waals surface area (Å²) in [4.78, 5) is 60.2. The SMILES string of the molecule is CC(C)CC(NC(=O)C(N)CCC(N)=O)C(=O)NC(C)C(=O)NC(Cc1ccccc1)C(=O)O. The highest BCUT2D eigenvalue weighted by atomic mass is 16.4. The number of carbonyl (C=O) groups is 5. The van der Waals surface area contributed by atoms with Crippen molar-refractivity contribution < 1.29 is 29.1 Å². The maximum atomic E-state index is 12.8. The molecule has 8 N–H and O–H groups in total. The minimum atomic E-state index is -1.20. The van der Waals surface area contributed by atoms with Gasteiger partial charge in [0.1, 0.15) is 18.1 Å². The third-order valence-electron chi connectivity index (χ3n) is 5.03. The largest absolute Gasteiger partial charge is 0.480 e. The zero-order valence-corrected chi connectivity index (χ0v) is 19.7. The molecule has 4 unspecified atom stereocenters. The van der Waals surface area contributed by atoms with Crippen molar-refractivity contribution in [2.24, 2.45) is 17.4 Å². The highest BCUT2D eigenvalue weighted by Crippen LogP contribution is 2.07. The molecule has 0 fully saturated rings. The molecule has 1 aromatic carbocycles. The van der Waals surface area contributed by atoms with Crippen molar-refractivity contribution in [1.29, 1.82) is 0 Å². The summed E-state index contributed by atoms with van der Waals surface area (Å²) in [7, 11) is 0. The monoisotopic (exact) mass is 477 g/mol. The summed E-state index contributed by atoms with van der Waals surface area (Å²) < 4.78 is 0. The fourth-order valence-corrected chi connectivity index (χ4v) is 3.14. The van der Waals surface area contributed by atoms with Crippen LogP contribution in [0.15, 0.2) is 30.3 Å². The van der Waals surface area contributed by atoms with Crippen LogP contribution < -0.4 is 27.4 Å². The van der Waals surface area contributed by atoms with Gasteiger partial charge in [0.2, 0.25) is 23.6 Å². The second kappa shape index (κ2) is 13.9. The van der Waals surface area contributed by atoms with E-state index in [0.717, 1.165) is 5.56 Å². The highest BCUT2D eigenvalue weighted by Gasteiger charge is 2.29. The van der Waals surface area contributed by atoms with Gasteiger partial charge in [-0.05, 0) is 31.2 Å². The Labute approximate surface area is 199 Å². The smallest absolute Gasteiger partial charge is 0.326 e. The average molecular weight is 478 g/mol. The van der Waals surface area contributed by atoms with Crippen LogP contribution >= 0.6 is 0 Å². The molecule has 11 heteroatoms. The fraction of sp³-hybridized carbons (Fsp3) is 0.522. The van der Waals surface area contributed by atoms with E-state index in [-0.39, 0.29) is 31.6 Å². The van der Waals surface area contributed by atoms with Gasteiger partial charge in [-0.2, -0.15) is 0 Å². The van der Waals surface area contributed by atoms with Gasteiger partial charge in [-0.1, -0.05) is 44.2 Å². The predicted molar refractivity (Wildman–Crippen MR) is 125 cm³/mol. The minimum absolute atomic E-state index is 0.0317. The molecule has 0 bridgehead atoms. The third kappa shape index (κ3) is 10.4. The van der Waals surface area contributed by atoms with Crippen LogP contribution in [0.1, 0.15) is 45.6 Å². The molecule has 0 aromatic heterocycles. The van der Waals surface area contributed by atoms with E-state index in [1.165, 1.54) is 6.92 Å². The van der Waals surface area contributed by atoms with E-state index in [2.05, 4.69) is 16.0 Å². The van der Waals surface area contributed by atoms with Gasteiger partial charge < -0.3 is 32.5 Å². The van der Waals surface area contributed by atoms with Gasteiger partial charge in [0.15, 0.2) is 0 Å². The Hall–Kier alpha value is -3.47. The van der Waals surface area contributed by atoms with Crippen LogP contribution in [0.2, 0.25) is 0 Å². The minimum Gasteiger partial charge on any atom is -0.480 e. The summed E-state index contributed by atoms with van der Waals surface area (Å²) >= 11 is 0. The number of rotatable bonds is 14. The molecule has 0 aliphatic carbocycles. The van der Waals surface area contributed by atoms with Crippen molar-refractivity contribution in [3.05, 3.63) is 35.9 Å². The molecule has 0 radical (unpaired) electrons. The Bertz CT molecular complexity index is 861. The lowest BCUT2D eigenvalue weighted by Crippen LogP contribution is -2.56. The van der Waals surface area contributed by atoms with Crippen LogP contribution in [0.5, 0.6) is 0 Å². The summed E-state index contributed by atoms with van der Waals surface area (Å²) in [5.41, 5.74) is 11.6. The summed E-state index contributed by atoms with van der Waals surface area (Å²) in [6.07, 6.45) is 0.326. The maximum Gasteiger partial charge on any atom is 0.326 e. The summed E-state index contributed by atoms with van der Waals surface area (Å²) in [6, 6.07) is 4.60. The van der Waals surface area contributed by atoms with Gasteiger partial charge in [0, 0.05) is 12.8 Å². The normalized spacial score (nSPS) is 14.4. The number of aliphatic carboxylic acids is 1. The lowest BCUT2D eigenvalue weighted by Gasteiger charge is -2.24. The Kier molecular flexibility index (Phi) is 11.7. The van der Waals surface area contributed by atoms with Crippen LogP contribution in [0.3, 0.4) is 0 Å². The Morgan fingerprint density at radius 3 is 2.00 bits per heavy atom. The molecule has 4 amide bonds. The van der Waals surface area contributed by atoms with Crippen LogP contribution in [-0.2, 0) is 30.4 Å². The third-order valence-corrected chi connectivity index (χ3v) is 5.03. The number of primary amides is 1. The van der Waals surface area contributed by atoms with Crippen molar-refractivity contribution in [2.45, 2.75) is 70.6 Å². The average Bonchev–Trinajstić information content (AvgIpc) is 2.76. The molecular weight excluding hydrogens is 442 g/mol. The van der Waals surface area contributed by atoms with Gasteiger partial charge in [0.25, 0.3) is 0 Å². The van der Waals surface area contributed by atoms with Crippen LogP contribution in [0.4, 0.5) is 0 Å². The van der Waals surface area contributed by atoms with Gasteiger partial charge in [0.05, 0.1) is 6.04 Å². The van der Waals surface area contributed by atoms with Crippen molar-refractivity contribution in [1.82, 2.24) is 16.0 Å². The molecule has 34 heavy (non-hydrogen) atoms. The number of hydrogen-bond donors (Lipinski definition) is 6. The summed E-state index contributed by atoms with van der Waals surface area (Å²) in [5.74, 6) is -3.67. The number of nitrogens with two attached hydrogens (primary N) is 2. The molecule has 188 valence electrons. The number of nitrogens with one attached hydrogen (secondary N) is 3. The number of carboxylic acids is 1. The summed E-state index contributed by atoms with van der Waals surface area (Å²) in [6.45, 7) is 5.13. The molecule has 0 aliphatic heterocycles. The number of benzene rings is 1. The molecule has 11 nitrogen and oxygen atoms in total. The first kappa shape index (κ1) is 28.6. The number of amides is 4. The molecule has 1 rings (SSSR count). The Morgan fingerprint density at radius 2 is 1.47 bits per heavy atom. The van der Waals surface area contributed by atoms with E-state index in [1.807, 2.05) is 13.8 Å². The van der Waals surface area contributed by atoms with Gasteiger partial charge in [-0.15, -0.1) is 0 Å². The van der Waals surface area contributed by atoms with E-state index >= 15 is 0 Å². The van der Waals surface area contributed by atoms with Crippen LogP contribution in [0, 0.1) is 5.92 Å². The van der Waals surface area contributed by atoms with Gasteiger partial charge >= 0.3 is 5.97 Å². The van der Waals surface area contributed by atoms with Crippen molar-refractivity contribution in [3.63, 3.8) is 0 Å². The molecular formula is C23H35N5O6. The van der Waals surface area contributed by atoms with E-state index in [0.29, 0.717) is 0 Å². The summed E-state index contributed by atoms with van der Waals surface area (Å²) in [5, 5.41) is 17.0. The number of carboxylic acid groups (broad SMARTS) is 1. The predicted octanol–water partition coefficient (Wildman–Crippen LogP) is -0.573. The standard InChI is InChI=1S/C23H35N5O6/c1-13(2)11-17(27-21(31)16(24)9-10-19(25)29)22(32)26-14(3)20(30)28-18(23(33)34)12-15-7-5-4-6-8-15/h4-8,13-14,16-18H,9-12,24H2,1-3H3,(H2,25,29)(H,26,32)(H,27,31)(H,28,30)(H,33,34). The topological polar surface area (TPSA) is 194 Å². The molecule has 0 saturated heterocycles. The van der Waals surface area contributed by atoms with Gasteiger partial charge in [-0.3, -0.25) is 19.2 Å². The van der Waals surface area contributed by atoms with E-state index in [4.69, 9.17) is 11.5 Å². The zero-order chi connectivity index (χ0) is 25.8. The Morgan fingerprint density at radius 1 is 0.882 bits per heavy atom. The highest BCUT2D eigenvalue weighted by molar-refractivity contribution is 5.94. The lowest BCUT2D eigenvalue weighted by atomic mass is 10.0. The number of hydrogen-bond acceptors (Lipinski definition) is 6. The van der Waals surface area contributed by atoms with Crippen molar-refractivity contribution >= 4 is 29.6 Å².